The van der Waals surface area contributed by atoms with Crippen molar-refractivity contribution < 1.29 is 0 Å². The quantitative estimate of drug-likeness (QED) is 0.577. The Bertz CT molecular complexity index is 556. The summed E-state index contributed by atoms with van der Waals surface area (Å²) in [4.78, 5) is 5.47. The van der Waals surface area contributed by atoms with Gasteiger partial charge in [0, 0.05) is 17.6 Å². The summed E-state index contributed by atoms with van der Waals surface area (Å²) in [5.41, 5.74) is 0. The van der Waals surface area contributed by atoms with Crippen LogP contribution in [0.2, 0.25) is 5.02 Å². The minimum Gasteiger partial charge on any atom is -0.362 e. The zero-order valence-electron chi connectivity index (χ0n) is 9.82. The molecule has 0 radical (unpaired) electrons. The van der Waals surface area contributed by atoms with Crippen molar-refractivity contribution in [3.63, 3.8) is 0 Å². The van der Waals surface area contributed by atoms with Gasteiger partial charge in [-0.3, -0.25) is 0 Å². The molecule has 0 unspecified atom stereocenters. The van der Waals surface area contributed by atoms with Gasteiger partial charge in [0.15, 0.2) is 5.11 Å². The third-order valence-corrected chi connectivity index (χ3v) is 4.68. The Labute approximate surface area is 139 Å². The predicted molar refractivity (Wildman–Crippen MR) is 94.2 cm³/mol. The lowest BCUT2D eigenvalue weighted by Gasteiger charge is -2.09. The van der Waals surface area contributed by atoms with Crippen LogP contribution in [0.15, 0.2) is 30.5 Å². The van der Waals surface area contributed by atoms with Crippen molar-refractivity contribution in [2.45, 2.75) is 6.42 Å². The fraction of sp³-hybridized carbons (Fsp3) is 0.167. The molecule has 0 atom stereocenters. The number of hydrogen-bond acceptors (Lipinski definition) is 3. The van der Waals surface area contributed by atoms with Crippen molar-refractivity contribution in [3.8, 4) is 0 Å². The molecule has 0 aliphatic heterocycles. The maximum Gasteiger partial charge on any atom is 0.171 e. The van der Waals surface area contributed by atoms with Crippen LogP contribution in [0, 0.1) is 2.88 Å². The first-order valence-electron chi connectivity index (χ1n) is 5.54. The van der Waals surface area contributed by atoms with E-state index in [1.165, 1.54) is 7.76 Å². The van der Waals surface area contributed by atoms with Gasteiger partial charge < -0.3 is 10.6 Å². The van der Waals surface area contributed by atoms with Crippen LogP contribution in [0.1, 0.15) is 4.88 Å². The SMILES string of the molecule is S=C(NCCc1ccc(I)s1)Nc1ccc(Cl)cn1. The average molecular weight is 424 g/mol. The summed E-state index contributed by atoms with van der Waals surface area (Å²) in [6, 6.07) is 7.82. The molecule has 0 aliphatic carbocycles. The van der Waals surface area contributed by atoms with Gasteiger partial charge in [0.05, 0.1) is 7.91 Å². The molecule has 0 fully saturated rings. The number of halogens is 2. The molecule has 19 heavy (non-hydrogen) atoms. The summed E-state index contributed by atoms with van der Waals surface area (Å²) < 4.78 is 1.30. The van der Waals surface area contributed by atoms with Crippen LogP contribution >= 0.6 is 57.7 Å². The van der Waals surface area contributed by atoms with E-state index in [9.17, 15) is 0 Å². The fourth-order valence-electron chi connectivity index (χ4n) is 1.40. The van der Waals surface area contributed by atoms with E-state index in [1.807, 2.05) is 0 Å². The second-order valence-corrected chi connectivity index (χ2v) is 7.61. The number of nitrogens with one attached hydrogen (secondary N) is 2. The third kappa shape index (κ3) is 5.21. The van der Waals surface area contributed by atoms with Crippen molar-refractivity contribution in [1.82, 2.24) is 10.3 Å². The monoisotopic (exact) mass is 423 g/mol. The molecule has 7 heteroatoms. The minimum absolute atomic E-state index is 0.570. The smallest absolute Gasteiger partial charge is 0.171 e. The standard InChI is InChI=1S/C12H11ClIN3S2/c13-8-1-4-11(16-7-8)17-12(18)15-6-5-9-2-3-10(14)19-9/h1-4,7H,5-6H2,(H2,15,16,17,18). The summed E-state index contributed by atoms with van der Waals surface area (Å²) in [5.74, 6) is 0.688. The molecule has 2 rings (SSSR count). The van der Waals surface area contributed by atoms with Crippen molar-refractivity contribution in [2.24, 2.45) is 0 Å². The third-order valence-electron chi connectivity index (χ3n) is 2.25. The summed E-state index contributed by atoms with van der Waals surface area (Å²) in [6.45, 7) is 0.802. The van der Waals surface area contributed by atoms with Crippen molar-refractivity contribution >= 4 is 68.7 Å². The second kappa shape index (κ2) is 7.37. The van der Waals surface area contributed by atoms with E-state index in [0.717, 1.165) is 13.0 Å². The highest BCUT2D eigenvalue weighted by atomic mass is 127. The molecule has 2 N–H and O–H groups in total. The summed E-state index contributed by atoms with van der Waals surface area (Å²) in [6.07, 6.45) is 2.55. The normalized spacial score (nSPS) is 10.2. The van der Waals surface area contributed by atoms with Crippen LogP contribution in [-0.4, -0.2) is 16.6 Å². The van der Waals surface area contributed by atoms with Crippen LogP contribution in [0.4, 0.5) is 5.82 Å². The van der Waals surface area contributed by atoms with Crippen LogP contribution in [-0.2, 0) is 6.42 Å². The van der Waals surface area contributed by atoms with Gasteiger partial charge in [0.25, 0.3) is 0 Å². The Morgan fingerprint density at radius 1 is 1.37 bits per heavy atom. The fourth-order valence-corrected chi connectivity index (χ4v) is 3.47. The first-order valence-corrected chi connectivity index (χ1v) is 8.22. The van der Waals surface area contributed by atoms with Gasteiger partial charge in [-0.25, -0.2) is 4.98 Å². The van der Waals surface area contributed by atoms with E-state index in [-0.39, 0.29) is 0 Å². The van der Waals surface area contributed by atoms with E-state index in [0.29, 0.717) is 16.0 Å². The van der Waals surface area contributed by atoms with E-state index in [2.05, 4.69) is 50.3 Å². The molecule has 0 amide bonds. The predicted octanol–water partition coefficient (Wildman–Crippen LogP) is 3.93. The first kappa shape index (κ1) is 15.0. The molecule has 2 heterocycles. The van der Waals surface area contributed by atoms with E-state index in [4.69, 9.17) is 23.8 Å². The molecule has 2 aromatic rings. The Kier molecular flexibility index (Phi) is 5.80. The van der Waals surface area contributed by atoms with Gasteiger partial charge in [-0.05, 0) is 65.5 Å². The van der Waals surface area contributed by atoms with E-state index >= 15 is 0 Å². The first-order chi connectivity index (χ1) is 9.13. The van der Waals surface area contributed by atoms with Crippen LogP contribution < -0.4 is 10.6 Å². The molecule has 2 aromatic heterocycles. The minimum atomic E-state index is 0.570. The molecule has 0 spiro atoms. The highest BCUT2D eigenvalue weighted by Gasteiger charge is 2.00. The number of rotatable bonds is 4. The lowest BCUT2D eigenvalue weighted by molar-refractivity contribution is 0.884. The van der Waals surface area contributed by atoms with Gasteiger partial charge >= 0.3 is 0 Å². The van der Waals surface area contributed by atoms with E-state index < -0.39 is 0 Å². The Morgan fingerprint density at radius 2 is 2.21 bits per heavy atom. The van der Waals surface area contributed by atoms with Crippen molar-refractivity contribution in [3.05, 3.63) is 43.2 Å². The lowest BCUT2D eigenvalue weighted by atomic mass is 10.3. The molecule has 0 aromatic carbocycles. The average Bonchev–Trinajstić information content (AvgIpc) is 2.78. The lowest BCUT2D eigenvalue weighted by Crippen LogP contribution is -2.30. The van der Waals surface area contributed by atoms with Crippen molar-refractivity contribution in [2.75, 3.05) is 11.9 Å². The zero-order valence-corrected chi connectivity index (χ0v) is 14.4. The second-order valence-electron chi connectivity index (χ2n) is 3.70. The van der Waals surface area contributed by atoms with Gasteiger partial charge in [-0.15, -0.1) is 11.3 Å². The molecular weight excluding hydrogens is 413 g/mol. The van der Waals surface area contributed by atoms with Gasteiger partial charge in [-0.2, -0.15) is 0 Å². The Balaban J connectivity index is 1.74. The summed E-state index contributed by atoms with van der Waals surface area (Å²) >= 11 is 15.1. The number of thiocarbonyl (C=S) groups is 1. The highest BCUT2D eigenvalue weighted by molar-refractivity contribution is 14.1. The topological polar surface area (TPSA) is 37.0 Å². The number of hydrogen-bond donors (Lipinski definition) is 2. The summed E-state index contributed by atoms with van der Waals surface area (Å²) in [7, 11) is 0. The van der Waals surface area contributed by atoms with Crippen LogP contribution in [0.5, 0.6) is 0 Å². The zero-order chi connectivity index (χ0) is 13.7. The molecule has 3 nitrogen and oxygen atoms in total. The summed E-state index contributed by atoms with van der Waals surface area (Å²) in [5, 5.41) is 7.35. The van der Waals surface area contributed by atoms with Crippen LogP contribution in [0.3, 0.4) is 0 Å². The van der Waals surface area contributed by atoms with Gasteiger partial charge in [-0.1, -0.05) is 11.6 Å². The maximum absolute atomic E-state index is 5.76. The molecule has 100 valence electrons. The number of nitrogens with zero attached hydrogens (tertiary/aromatic N) is 1. The Hall–Kier alpha value is -0.440. The molecule has 0 bridgehead atoms. The van der Waals surface area contributed by atoms with Gasteiger partial charge in [0.1, 0.15) is 5.82 Å². The van der Waals surface area contributed by atoms with E-state index in [1.54, 1.807) is 29.7 Å². The molecule has 0 saturated heterocycles. The maximum atomic E-state index is 5.76. The van der Waals surface area contributed by atoms with Gasteiger partial charge in [0.2, 0.25) is 0 Å². The van der Waals surface area contributed by atoms with Crippen LogP contribution in [0.25, 0.3) is 0 Å². The highest BCUT2D eigenvalue weighted by Crippen LogP contribution is 2.18. The van der Waals surface area contributed by atoms with Crippen molar-refractivity contribution in [1.29, 1.82) is 0 Å². The molecule has 0 aliphatic rings. The number of pyridine rings is 1. The largest absolute Gasteiger partial charge is 0.362 e. The number of anilines is 1. The number of aromatic nitrogens is 1. The number of thiophene rings is 1. The molecule has 0 saturated carbocycles. The Morgan fingerprint density at radius 3 is 2.84 bits per heavy atom. The molecular formula is C12H11ClIN3S2.